The van der Waals surface area contributed by atoms with E-state index in [9.17, 15) is 21.6 Å². The number of sulfone groups is 1. The van der Waals surface area contributed by atoms with Crippen LogP contribution < -0.4 is 5.32 Å². The zero-order chi connectivity index (χ0) is 14.1. The van der Waals surface area contributed by atoms with Crippen molar-refractivity contribution in [3.8, 4) is 0 Å². The fourth-order valence-electron chi connectivity index (χ4n) is 1.92. The second-order valence-electron chi connectivity index (χ2n) is 4.62. The minimum atomic E-state index is -5.31. The quantitative estimate of drug-likeness (QED) is 0.927. The van der Waals surface area contributed by atoms with Crippen molar-refractivity contribution in [1.82, 2.24) is 0 Å². The van der Waals surface area contributed by atoms with Crippen molar-refractivity contribution in [2.24, 2.45) is 5.92 Å². The van der Waals surface area contributed by atoms with Crippen LogP contribution >= 0.6 is 0 Å². The molecule has 0 saturated heterocycles. The molecule has 3 nitrogen and oxygen atoms in total. The molecule has 106 valence electrons. The highest BCUT2D eigenvalue weighted by atomic mass is 32.2. The summed E-state index contributed by atoms with van der Waals surface area (Å²) in [6.07, 6.45) is 3.18. The van der Waals surface area contributed by atoms with Gasteiger partial charge in [0.05, 0.1) is 10.6 Å². The largest absolute Gasteiger partial charge is 0.501 e. The lowest BCUT2D eigenvalue weighted by atomic mass is 9.85. The Balaban J connectivity index is 2.25. The number of rotatable bonds is 4. The van der Waals surface area contributed by atoms with Crippen molar-refractivity contribution < 1.29 is 21.6 Å². The van der Waals surface area contributed by atoms with Gasteiger partial charge in [-0.1, -0.05) is 18.6 Å². The fourth-order valence-corrected chi connectivity index (χ4v) is 2.86. The molecule has 0 bridgehead atoms. The van der Waals surface area contributed by atoms with Gasteiger partial charge in [-0.25, -0.2) is 8.42 Å². The first-order valence-electron chi connectivity index (χ1n) is 5.96. The predicted octanol–water partition coefficient (Wildman–Crippen LogP) is 3.19. The Hall–Kier alpha value is -1.24. The Morgan fingerprint density at radius 2 is 1.84 bits per heavy atom. The summed E-state index contributed by atoms with van der Waals surface area (Å²) < 4.78 is 60.6. The smallest absolute Gasteiger partial charge is 0.384 e. The molecular formula is C12H14F3NO2S. The Morgan fingerprint density at radius 3 is 2.37 bits per heavy atom. The molecule has 0 atom stereocenters. The van der Waals surface area contributed by atoms with E-state index < -0.39 is 20.2 Å². The van der Waals surface area contributed by atoms with Gasteiger partial charge >= 0.3 is 5.51 Å². The summed E-state index contributed by atoms with van der Waals surface area (Å²) >= 11 is 0. The maximum absolute atomic E-state index is 12.6. The minimum Gasteiger partial charge on any atom is -0.384 e. The standard InChI is InChI=1S/C12H14F3NO2S/c13-12(14,15)19(17,18)11-7-2-1-6-10(11)16-8-9-4-3-5-9/h1-2,6-7,9,16H,3-5,8H2. The summed E-state index contributed by atoms with van der Waals surface area (Å²) in [6.45, 7) is 0.504. The van der Waals surface area contributed by atoms with Crippen LogP contribution in [0.5, 0.6) is 0 Å². The molecule has 2 rings (SSSR count). The Morgan fingerprint density at radius 1 is 1.21 bits per heavy atom. The van der Waals surface area contributed by atoms with Crippen LogP contribution in [0, 0.1) is 5.92 Å². The average molecular weight is 293 g/mol. The molecule has 1 saturated carbocycles. The lowest BCUT2D eigenvalue weighted by Crippen LogP contribution is -2.26. The van der Waals surface area contributed by atoms with E-state index in [4.69, 9.17) is 0 Å². The number of alkyl halides is 3. The van der Waals surface area contributed by atoms with Crippen molar-refractivity contribution >= 4 is 15.5 Å². The number of hydrogen-bond acceptors (Lipinski definition) is 3. The summed E-state index contributed by atoms with van der Waals surface area (Å²) in [5.74, 6) is 0.418. The molecular weight excluding hydrogens is 279 g/mol. The first kappa shape index (κ1) is 14.2. The molecule has 0 unspecified atom stereocenters. The van der Waals surface area contributed by atoms with E-state index in [2.05, 4.69) is 5.32 Å². The van der Waals surface area contributed by atoms with E-state index in [0.717, 1.165) is 25.3 Å². The SMILES string of the molecule is O=S(=O)(c1ccccc1NCC1CCC1)C(F)(F)F. The molecule has 0 amide bonds. The molecule has 7 heteroatoms. The monoisotopic (exact) mass is 293 g/mol. The molecule has 1 fully saturated rings. The van der Waals surface area contributed by atoms with Gasteiger partial charge in [0.25, 0.3) is 9.84 Å². The second-order valence-corrected chi connectivity index (χ2v) is 6.53. The summed E-state index contributed by atoms with van der Waals surface area (Å²) in [5.41, 5.74) is -5.26. The Bertz CT molecular complexity index is 550. The first-order chi connectivity index (χ1) is 8.82. The number of hydrogen-bond donors (Lipinski definition) is 1. The van der Waals surface area contributed by atoms with Crippen LogP contribution in [0.4, 0.5) is 18.9 Å². The first-order valence-corrected chi connectivity index (χ1v) is 7.45. The zero-order valence-corrected chi connectivity index (χ0v) is 10.9. The summed E-state index contributed by atoms with van der Waals surface area (Å²) in [5, 5.41) is 2.81. The van der Waals surface area contributed by atoms with E-state index in [1.807, 2.05) is 0 Å². The Labute approximate surface area is 109 Å². The third kappa shape index (κ3) is 2.86. The fraction of sp³-hybridized carbons (Fsp3) is 0.500. The third-order valence-corrected chi connectivity index (χ3v) is 4.83. The van der Waals surface area contributed by atoms with Crippen molar-refractivity contribution in [2.45, 2.75) is 29.7 Å². The third-order valence-electron chi connectivity index (χ3n) is 3.29. The zero-order valence-electron chi connectivity index (χ0n) is 10.1. The van der Waals surface area contributed by atoms with Gasteiger partial charge in [0.15, 0.2) is 0 Å². The maximum atomic E-state index is 12.6. The lowest BCUT2D eigenvalue weighted by Gasteiger charge is -2.26. The van der Waals surface area contributed by atoms with Gasteiger partial charge < -0.3 is 5.32 Å². The van der Waals surface area contributed by atoms with Crippen molar-refractivity contribution in [1.29, 1.82) is 0 Å². The molecule has 1 aliphatic carbocycles. The number of halogens is 3. The van der Waals surface area contributed by atoms with Crippen molar-refractivity contribution in [3.63, 3.8) is 0 Å². The summed E-state index contributed by atoms with van der Waals surface area (Å²) in [7, 11) is -5.31. The van der Waals surface area contributed by atoms with Gasteiger partial charge in [0.1, 0.15) is 0 Å². The number of benzene rings is 1. The molecule has 0 spiro atoms. The number of para-hydroxylation sites is 1. The van der Waals surface area contributed by atoms with Crippen LogP contribution in [-0.4, -0.2) is 20.5 Å². The summed E-state index contributed by atoms with van der Waals surface area (Å²) in [6, 6.07) is 5.13. The van der Waals surface area contributed by atoms with Crippen LogP contribution in [0.3, 0.4) is 0 Å². The van der Waals surface area contributed by atoms with E-state index in [1.54, 1.807) is 0 Å². The van der Waals surface area contributed by atoms with Gasteiger partial charge in [-0.05, 0) is 30.9 Å². The van der Waals surface area contributed by atoms with E-state index in [-0.39, 0.29) is 5.69 Å². The minimum absolute atomic E-state index is 0.0201. The van der Waals surface area contributed by atoms with E-state index in [1.165, 1.54) is 18.2 Å². The van der Waals surface area contributed by atoms with Gasteiger partial charge in [0.2, 0.25) is 0 Å². The normalized spacial score (nSPS) is 17.0. The van der Waals surface area contributed by atoms with Crippen LogP contribution in [0.2, 0.25) is 0 Å². The van der Waals surface area contributed by atoms with E-state index in [0.29, 0.717) is 12.5 Å². The highest BCUT2D eigenvalue weighted by Gasteiger charge is 2.47. The van der Waals surface area contributed by atoms with Crippen LogP contribution in [0.15, 0.2) is 29.2 Å². The molecule has 1 aromatic carbocycles. The molecule has 1 aliphatic rings. The van der Waals surface area contributed by atoms with Gasteiger partial charge in [0, 0.05) is 6.54 Å². The molecule has 0 heterocycles. The molecule has 19 heavy (non-hydrogen) atoms. The Kier molecular flexibility index (Phi) is 3.75. The highest BCUT2D eigenvalue weighted by molar-refractivity contribution is 7.92. The highest BCUT2D eigenvalue weighted by Crippen LogP contribution is 2.35. The lowest BCUT2D eigenvalue weighted by molar-refractivity contribution is -0.0435. The van der Waals surface area contributed by atoms with Gasteiger partial charge in [-0.15, -0.1) is 0 Å². The molecule has 1 aromatic rings. The second kappa shape index (κ2) is 5.03. The van der Waals surface area contributed by atoms with Crippen molar-refractivity contribution in [2.75, 3.05) is 11.9 Å². The number of nitrogens with one attached hydrogen (secondary N) is 1. The van der Waals surface area contributed by atoms with Crippen LogP contribution in [0.1, 0.15) is 19.3 Å². The van der Waals surface area contributed by atoms with Crippen molar-refractivity contribution in [3.05, 3.63) is 24.3 Å². The number of anilines is 1. The average Bonchev–Trinajstić information content (AvgIpc) is 2.26. The maximum Gasteiger partial charge on any atom is 0.501 e. The molecule has 0 aromatic heterocycles. The molecule has 0 aliphatic heterocycles. The van der Waals surface area contributed by atoms with E-state index >= 15 is 0 Å². The van der Waals surface area contributed by atoms with Gasteiger partial charge in [-0.3, -0.25) is 0 Å². The predicted molar refractivity (Wildman–Crippen MR) is 65.5 cm³/mol. The van der Waals surface area contributed by atoms with Crippen LogP contribution in [0.25, 0.3) is 0 Å². The molecule has 1 N–H and O–H groups in total. The van der Waals surface area contributed by atoms with Gasteiger partial charge in [-0.2, -0.15) is 13.2 Å². The van der Waals surface area contributed by atoms with Crippen LogP contribution in [-0.2, 0) is 9.84 Å². The molecule has 0 radical (unpaired) electrons. The topological polar surface area (TPSA) is 46.2 Å². The summed E-state index contributed by atoms with van der Waals surface area (Å²) in [4.78, 5) is -0.707.